The van der Waals surface area contributed by atoms with Gasteiger partial charge in [-0.05, 0) is 20.3 Å². The number of nitrogens with one attached hydrogen (secondary N) is 1. The second-order valence-corrected chi connectivity index (χ2v) is 6.44. The number of rotatable bonds is 5. The zero-order valence-electron chi connectivity index (χ0n) is 12.3. The Morgan fingerprint density at radius 3 is 2.58 bits per heavy atom. The van der Waals surface area contributed by atoms with Crippen molar-refractivity contribution in [3.05, 3.63) is 17.3 Å². The third-order valence-electron chi connectivity index (χ3n) is 2.78. The lowest BCUT2D eigenvalue weighted by molar-refractivity contribution is -0.120. The number of halogens is 1. The third kappa shape index (κ3) is 4.86. The van der Waals surface area contributed by atoms with E-state index in [4.69, 9.17) is 16.0 Å². The molecule has 1 aromatic rings. The quantitative estimate of drug-likeness (QED) is 0.669. The number of oxazole rings is 1. The minimum absolute atomic E-state index is 0.0781. The molecule has 0 radical (unpaired) electrons. The molecule has 1 N–H and O–H groups in total. The summed E-state index contributed by atoms with van der Waals surface area (Å²) in [7, 11) is 0. The molecule has 1 amide bonds. The molecule has 1 atom stereocenters. The van der Waals surface area contributed by atoms with E-state index in [0.29, 0.717) is 6.54 Å². The van der Waals surface area contributed by atoms with Gasteiger partial charge in [0.25, 0.3) is 0 Å². The monoisotopic (exact) mass is 286 g/mol. The molecule has 5 heteroatoms. The highest BCUT2D eigenvalue weighted by atomic mass is 35.5. The van der Waals surface area contributed by atoms with Crippen LogP contribution < -0.4 is 5.32 Å². The molecular weight excluding hydrogens is 264 g/mol. The topological polar surface area (TPSA) is 55.1 Å². The molecule has 1 unspecified atom stereocenters. The fraction of sp³-hybridized carbons (Fsp3) is 0.714. The Balaban J connectivity index is 2.46. The first kappa shape index (κ1) is 16.0. The molecule has 0 aliphatic heterocycles. The van der Waals surface area contributed by atoms with E-state index in [1.165, 1.54) is 0 Å². The second-order valence-electron chi connectivity index (χ2n) is 5.79. The highest BCUT2D eigenvalue weighted by molar-refractivity contribution is 6.30. The number of nitrogens with zero attached hydrogens (tertiary/aromatic N) is 1. The standard InChI is InChI=1S/C14H23ClN2O2/c1-9(15)12(18)16-8-6-7-11-10(2)17-13(19-11)14(3,4)5/h9H,6-8H2,1-5H3,(H,16,18). The summed E-state index contributed by atoms with van der Waals surface area (Å²) >= 11 is 5.66. The summed E-state index contributed by atoms with van der Waals surface area (Å²) in [6.45, 7) is 10.4. The number of carbonyl (C=O) groups is 1. The normalized spacial score (nSPS) is 13.4. The number of carbonyl (C=O) groups excluding carboxylic acids is 1. The van der Waals surface area contributed by atoms with Crippen LogP contribution in [0.5, 0.6) is 0 Å². The van der Waals surface area contributed by atoms with Crippen LogP contribution in [-0.2, 0) is 16.6 Å². The molecular formula is C14H23ClN2O2. The van der Waals surface area contributed by atoms with E-state index >= 15 is 0 Å². The summed E-state index contributed by atoms with van der Waals surface area (Å²) < 4.78 is 5.78. The van der Waals surface area contributed by atoms with E-state index in [9.17, 15) is 4.79 Å². The van der Waals surface area contributed by atoms with Crippen LogP contribution in [0.25, 0.3) is 0 Å². The minimum atomic E-state index is -0.487. The Morgan fingerprint density at radius 1 is 1.47 bits per heavy atom. The van der Waals surface area contributed by atoms with Crippen molar-refractivity contribution < 1.29 is 9.21 Å². The van der Waals surface area contributed by atoms with Gasteiger partial charge in [0.2, 0.25) is 5.91 Å². The second kappa shape index (κ2) is 6.42. The summed E-state index contributed by atoms with van der Waals surface area (Å²) in [5.74, 6) is 1.53. The smallest absolute Gasteiger partial charge is 0.237 e. The van der Waals surface area contributed by atoms with Gasteiger partial charge >= 0.3 is 0 Å². The Hall–Kier alpha value is -1.03. The molecule has 1 rings (SSSR count). The number of amides is 1. The molecule has 108 valence electrons. The van der Waals surface area contributed by atoms with Gasteiger partial charge < -0.3 is 9.73 Å². The van der Waals surface area contributed by atoms with Crippen molar-refractivity contribution in [2.75, 3.05) is 6.54 Å². The van der Waals surface area contributed by atoms with Crippen LogP contribution in [0.15, 0.2) is 4.42 Å². The minimum Gasteiger partial charge on any atom is -0.445 e. The predicted octanol–water partition coefficient (Wildman–Crippen LogP) is 2.96. The van der Waals surface area contributed by atoms with Crippen LogP contribution >= 0.6 is 11.6 Å². The lowest BCUT2D eigenvalue weighted by Crippen LogP contribution is -2.30. The van der Waals surface area contributed by atoms with Gasteiger partial charge in [-0.3, -0.25) is 4.79 Å². The van der Waals surface area contributed by atoms with Gasteiger partial charge in [0, 0.05) is 18.4 Å². The van der Waals surface area contributed by atoms with Crippen LogP contribution in [-0.4, -0.2) is 22.8 Å². The van der Waals surface area contributed by atoms with E-state index in [0.717, 1.165) is 30.2 Å². The maximum absolute atomic E-state index is 11.3. The zero-order valence-corrected chi connectivity index (χ0v) is 13.1. The molecule has 0 aliphatic carbocycles. The number of hydrogen-bond donors (Lipinski definition) is 1. The van der Waals surface area contributed by atoms with E-state index in [1.54, 1.807) is 6.92 Å². The predicted molar refractivity (Wildman–Crippen MR) is 76.6 cm³/mol. The van der Waals surface area contributed by atoms with Gasteiger partial charge in [0.1, 0.15) is 11.1 Å². The molecule has 0 spiro atoms. The fourth-order valence-corrected chi connectivity index (χ4v) is 1.66. The van der Waals surface area contributed by atoms with Crippen LogP contribution in [0.3, 0.4) is 0 Å². The van der Waals surface area contributed by atoms with Crippen molar-refractivity contribution in [3.8, 4) is 0 Å². The summed E-state index contributed by atoms with van der Waals surface area (Å²) in [5.41, 5.74) is 0.854. The van der Waals surface area contributed by atoms with E-state index < -0.39 is 5.38 Å². The molecule has 0 aromatic carbocycles. The molecule has 19 heavy (non-hydrogen) atoms. The SMILES string of the molecule is Cc1nc(C(C)(C)C)oc1CCCNC(=O)C(C)Cl. The zero-order chi connectivity index (χ0) is 14.6. The van der Waals surface area contributed by atoms with Crippen LogP contribution in [0.2, 0.25) is 0 Å². The molecule has 1 heterocycles. The molecule has 0 aliphatic rings. The van der Waals surface area contributed by atoms with E-state index in [1.807, 2.05) is 6.92 Å². The lowest BCUT2D eigenvalue weighted by atomic mass is 9.97. The molecule has 0 bridgehead atoms. The Kier molecular flexibility index (Phi) is 5.41. The van der Waals surface area contributed by atoms with E-state index in [-0.39, 0.29) is 11.3 Å². The number of aryl methyl sites for hydroxylation is 2. The van der Waals surface area contributed by atoms with Crippen molar-refractivity contribution in [1.29, 1.82) is 0 Å². The molecule has 0 saturated heterocycles. The maximum atomic E-state index is 11.3. The van der Waals surface area contributed by atoms with Crippen molar-refractivity contribution >= 4 is 17.5 Å². The summed E-state index contributed by atoms with van der Waals surface area (Å²) in [6, 6.07) is 0. The first-order chi connectivity index (χ1) is 8.71. The summed E-state index contributed by atoms with van der Waals surface area (Å²) in [5, 5.41) is 2.29. The summed E-state index contributed by atoms with van der Waals surface area (Å²) in [6.07, 6.45) is 1.58. The van der Waals surface area contributed by atoms with Gasteiger partial charge in [-0.1, -0.05) is 20.8 Å². The van der Waals surface area contributed by atoms with Crippen LogP contribution in [0.4, 0.5) is 0 Å². The van der Waals surface area contributed by atoms with Gasteiger partial charge in [-0.2, -0.15) is 0 Å². The molecule has 4 nitrogen and oxygen atoms in total. The van der Waals surface area contributed by atoms with Gasteiger partial charge in [-0.25, -0.2) is 4.98 Å². The van der Waals surface area contributed by atoms with Crippen molar-refractivity contribution in [3.63, 3.8) is 0 Å². The molecule has 0 saturated carbocycles. The van der Waals surface area contributed by atoms with Gasteiger partial charge in [0.05, 0.1) is 5.69 Å². The number of hydrogen-bond acceptors (Lipinski definition) is 3. The van der Waals surface area contributed by atoms with Crippen molar-refractivity contribution in [1.82, 2.24) is 10.3 Å². The Bertz CT molecular complexity index is 433. The largest absolute Gasteiger partial charge is 0.445 e. The average Bonchev–Trinajstić information content (AvgIpc) is 2.65. The Labute approximate surface area is 119 Å². The fourth-order valence-electron chi connectivity index (χ4n) is 1.58. The Morgan fingerprint density at radius 2 is 2.11 bits per heavy atom. The van der Waals surface area contributed by atoms with Crippen molar-refractivity contribution in [2.45, 2.75) is 58.3 Å². The summed E-state index contributed by atoms with van der Waals surface area (Å²) in [4.78, 5) is 15.7. The lowest BCUT2D eigenvalue weighted by Gasteiger charge is -2.12. The van der Waals surface area contributed by atoms with Gasteiger partial charge in [-0.15, -0.1) is 11.6 Å². The van der Waals surface area contributed by atoms with Crippen LogP contribution in [0.1, 0.15) is 51.5 Å². The van der Waals surface area contributed by atoms with Crippen molar-refractivity contribution in [2.24, 2.45) is 0 Å². The van der Waals surface area contributed by atoms with Crippen LogP contribution in [0, 0.1) is 6.92 Å². The maximum Gasteiger partial charge on any atom is 0.237 e. The molecule has 1 aromatic heterocycles. The third-order valence-corrected chi connectivity index (χ3v) is 2.97. The average molecular weight is 287 g/mol. The highest BCUT2D eigenvalue weighted by Crippen LogP contribution is 2.24. The number of alkyl halides is 1. The van der Waals surface area contributed by atoms with Gasteiger partial charge in [0.15, 0.2) is 5.89 Å². The highest BCUT2D eigenvalue weighted by Gasteiger charge is 2.22. The first-order valence-corrected chi connectivity index (χ1v) is 7.04. The molecule has 0 fully saturated rings. The van der Waals surface area contributed by atoms with E-state index in [2.05, 4.69) is 31.1 Å². The number of aromatic nitrogens is 1. The first-order valence-electron chi connectivity index (χ1n) is 6.60.